The molecule has 35 heavy (non-hydrogen) atoms. The number of carbonyl (C=O) groups is 3. The maximum Gasteiger partial charge on any atom is 0.407 e. The Hall–Kier alpha value is -3.35. The summed E-state index contributed by atoms with van der Waals surface area (Å²) >= 11 is 0. The molecule has 4 rings (SSSR count). The van der Waals surface area contributed by atoms with Gasteiger partial charge in [-0.15, -0.1) is 0 Å². The van der Waals surface area contributed by atoms with E-state index in [9.17, 15) is 19.5 Å². The minimum Gasteiger partial charge on any atom is -0.480 e. The highest BCUT2D eigenvalue weighted by Gasteiger charge is 2.29. The fourth-order valence-electron chi connectivity index (χ4n) is 5.40. The van der Waals surface area contributed by atoms with E-state index in [0.29, 0.717) is 12.3 Å². The van der Waals surface area contributed by atoms with Crippen molar-refractivity contribution >= 4 is 18.0 Å². The van der Waals surface area contributed by atoms with Crippen LogP contribution in [0.4, 0.5) is 4.79 Å². The predicted octanol–water partition coefficient (Wildman–Crippen LogP) is 4.84. The average Bonchev–Trinajstić information content (AvgIpc) is 3.16. The average molecular weight is 479 g/mol. The maximum atomic E-state index is 12.5. The van der Waals surface area contributed by atoms with Crippen molar-refractivity contribution in [1.29, 1.82) is 0 Å². The lowest BCUT2D eigenvalue weighted by Crippen LogP contribution is -2.45. The topological polar surface area (TPSA) is 105 Å². The number of hydrogen-bond acceptors (Lipinski definition) is 4. The molecule has 2 aromatic rings. The van der Waals surface area contributed by atoms with E-state index in [2.05, 4.69) is 34.9 Å². The van der Waals surface area contributed by atoms with Gasteiger partial charge >= 0.3 is 12.1 Å². The quantitative estimate of drug-likeness (QED) is 0.478. The zero-order valence-corrected chi connectivity index (χ0v) is 20.2. The van der Waals surface area contributed by atoms with Crippen molar-refractivity contribution in [2.45, 2.75) is 69.9 Å². The number of ether oxygens (including phenoxy) is 1. The molecular formula is C28H34N2O5. The van der Waals surface area contributed by atoms with Gasteiger partial charge in [0.1, 0.15) is 12.6 Å². The summed E-state index contributed by atoms with van der Waals surface area (Å²) in [7, 11) is 0. The molecule has 2 aromatic carbocycles. The third-order valence-electron chi connectivity index (χ3n) is 7.13. The molecule has 2 atom stereocenters. The Morgan fingerprint density at radius 1 is 0.943 bits per heavy atom. The van der Waals surface area contributed by atoms with Crippen molar-refractivity contribution in [1.82, 2.24) is 10.6 Å². The van der Waals surface area contributed by atoms with Gasteiger partial charge < -0.3 is 20.5 Å². The van der Waals surface area contributed by atoms with Crippen LogP contribution in [0.2, 0.25) is 0 Å². The van der Waals surface area contributed by atoms with Crippen molar-refractivity contribution in [3.63, 3.8) is 0 Å². The van der Waals surface area contributed by atoms with Gasteiger partial charge in [-0.05, 0) is 41.5 Å². The van der Waals surface area contributed by atoms with Crippen molar-refractivity contribution in [3.8, 4) is 11.1 Å². The second-order valence-electron chi connectivity index (χ2n) is 9.77. The van der Waals surface area contributed by atoms with Crippen molar-refractivity contribution in [3.05, 3.63) is 59.7 Å². The van der Waals surface area contributed by atoms with E-state index < -0.39 is 24.1 Å². The molecule has 186 valence electrons. The van der Waals surface area contributed by atoms with Gasteiger partial charge in [0, 0.05) is 18.4 Å². The molecule has 2 aliphatic rings. The molecule has 0 saturated heterocycles. The molecule has 0 heterocycles. The first-order chi connectivity index (χ1) is 16.9. The number of benzene rings is 2. The first kappa shape index (κ1) is 24.8. The Morgan fingerprint density at radius 3 is 2.14 bits per heavy atom. The maximum absolute atomic E-state index is 12.5. The molecule has 2 amide bonds. The molecule has 0 spiro atoms. The number of carboxylic acid groups (broad SMARTS) is 1. The van der Waals surface area contributed by atoms with Crippen LogP contribution in [0.1, 0.15) is 68.9 Å². The summed E-state index contributed by atoms with van der Waals surface area (Å²) in [4.78, 5) is 36.6. The smallest absolute Gasteiger partial charge is 0.407 e. The predicted molar refractivity (Wildman–Crippen MR) is 133 cm³/mol. The van der Waals surface area contributed by atoms with Crippen LogP contribution < -0.4 is 10.6 Å². The van der Waals surface area contributed by atoms with Gasteiger partial charge in [0.25, 0.3) is 0 Å². The van der Waals surface area contributed by atoms with E-state index in [4.69, 9.17) is 4.74 Å². The molecule has 0 unspecified atom stereocenters. The molecule has 0 aliphatic heterocycles. The van der Waals surface area contributed by atoms with Crippen LogP contribution in [-0.2, 0) is 14.3 Å². The molecule has 0 radical (unpaired) electrons. The van der Waals surface area contributed by atoms with Crippen LogP contribution in [0, 0.1) is 5.92 Å². The van der Waals surface area contributed by atoms with E-state index in [1.54, 1.807) is 6.92 Å². The molecular weight excluding hydrogens is 444 g/mol. The molecule has 1 saturated carbocycles. The lowest BCUT2D eigenvalue weighted by molar-refractivity contribution is -0.142. The Labute approximate surface area is 206 Å². The number of nitrogens with one attached hydrogen (secondary N) is 2. The highest BCUT2D eigenvalue weighted by Crippen LogP contribution is 2.44. The number of amides is 2. The second-order valence-corrected chi connectivity index (χ2v) is 9.77. The Morgan fingerprint density at radius 2 is 1.54 bits per heavy atom. The summed E-state index contributed by atoms with van der Waals surface area (Å²) in [6, 6.07) is 14.9. The molecule has 7 nitrogen and oxygen atoms in total. The third kappa shape index (κ3) is 6.21. The standard InChI is InChI=1S/C28H34N2O5/c1-18(15-26(31)30-25(27(32)33)16-19-9-3-2-4-10-19)29-28(34)35-17-24-22-13-7-5-11-20(22)21-12-6-8-14-23(21)24/h5-8,11-14,18-19,24-25H,2-4,9-10,15-17H2,1H3,(H,29,34)(H,30,31)(H,32,33)/t18-,25-/m1/s1. The van der Waals surface area contributed by atoms with Gasteiger partial charge in [-0.3, -0.25) is 4.79 Å². The normalized spacial score (nSPS) is 17.1. The summed E-state index contributed by atoms with van der Waals surface area (Å²) in [5, 5.41) is 14.9. The van der Waals surface area contributed by atoms with Crippen molar-refractivity contribution in [2.24, 2.45) is 5.92 Å². The van der Waals surface area contributed by atoms with Crippen molar-refractivity contribution in [2.75, 3.05) is 6.61 Å². The highest BCUT2D eigenvalue weighted by atomic mass is 16.5. The Bertz CT molecular complexity index is 1020. The van der Waals surface area contributed by atoms with E-state index in [0.717, 1.165) is 47.9 Å². The first-order valence-corrected chi connectivity index (χ1v) is 12.6. The number of fused-ring (bicyclic) bond motifs is 3. The third-order valence-corrected chi connectivity index (χ3v) is 7.13. The van der Waals surface area contributed by atoms with Crippen LogP contribution >= 0.6 is 0 Å². The number of rotatable bonds is 9. The largest absolute Gasteiger partial charge is 0.480 e. The number of alkyl carbamates (subject to hydrolysis) is 1. The summed E-state index contributed by atoms with van der Waals surface area (Å²) in [5.41, 5.74) is 4.57. The summed E-state index contributed by atoms with van der Waals surface area (Å²) in [5.74, 6) is -1.11. The van der Waals surface area contributed by atoms with E-state index in [-0.39, 0.29) is 24.9 Å². The van der Waals surface area contributed by atoms with E-state index >= 15 is 0 Å². The molecule has 0 aromatic heterocycles. The van der Waals surface area contributed by atoms with Crippen LogP contribution in [0.3, 0.4) is 0 Å². The van der Waals surface area contributed by atoms with Crippen LogP contribution in [0.15, 0.2) is 48.5 Å². The Balaban J connectivity index is 1.25. The van der Waals surface area contributed by atoms with Crippen LogP contribution in [-0.4, -0.2) is 41.8 Å². The molecule has 1 fully saturated rings. The van der Waals surface area contributed by atoms with Gasteiger partial charge in [-0.2, -0.15) is 0 Å². The number of carbonyl (C=O) groups excluding carboxylic acids is 2. The molecule has 0 bridgehead atoms. The van der Waals surface area contributed by atoms with E-state index in [1.807, 2.05) is 24.3 Å². The van der Waals surface area contributed by atoms with Gasteiger partial charge in [-0.1, -0.05) is 80.6 Å². The van der Waals surface area contributed by atoms with Gasteiger partial charge in [-0.25, -0.2) is 9.59 Å². The fourth-order valence-corrected chi connectivity index (χ4v) is 5.40. The number of aliphatic carboxylic acids is 1. The lowest BCUT2D eigenvalue weighted by atomic mass is 9.85. The Kier molecular flexibility index (Phi) is 8.06. The van der Waals surface area contributed by atoms with Gasteiger partial charge in [0.05, 0.1) is 0 Å². The highest BCUT2D eigenvalue weighted by molar-refractivity contribution is 5.84. The zero-order valence-electron chi connectivity index (χ0n) is 20.2. The fraction of sp³-hybridized carbons (Fsp3) is 0.464. The van der Waals surface area contributed by atoms with Gasteiger partial charge in [0.2, 0.25) is 5.91 Å². The minimum absolute atomic E-state index is 0.0152. The van der Waals surface area contributed by atoms with Crippen LogP contribution in [0.25, 0.3) is 11.1 Å². The second kappa shape index (κ2) is 11.4. The zero-order chi connectivity index (χ0) is 24.8. The molecule has 7 heteroatoms. The number of carboxylic acids is 1. The summed E-state index contributed by atoms with van der Waals surface area (Å²) < 4.78 is 5.54. The monoisotopic (exact) mass is 478 g/mol. The summed E-state index contributed by atoms with van der Waals surface area (Å²) in [6.45, 7) is 1.90. The molecule has 2 aliphatic carbocycles. The minimum atomic E-state index is -1.01. The first-order valence-electron chi connectivity index (χ1n) is 12.6. The number of hydrogen-bond donors (Lipinski definition) is 3. The van der Waals surface area contributed by atoms with Crippen LogP contribution in [0.5, 0.6) is 0 Å². The van der Waals surface area contributed by atoms with Crippen molar-refractivity contribution < 1.29 is 24.2 Å². The SMILES string of the molecule is C[C@H](CC(=O)N[C@H](CC1CCCCC1)C(=O)O)NC(=O)OCC1c2ccccc2-c2ccccc21. The van der Waals surface area contributed by atoms with E-state index in [1.165, 1.54) is 6.42 Å². The summed E-state index contributed by atoms with van der Waals surface area (Å²) in [6.07, 6.45) is 5.30. The van der Waals surface area contributed by atoms with Gasteiger partial charge in [0.15, 0.2) is 0 Å². The lowest BCUT2D eigenvalue weighted by Gasteiger charge is -2.25. The molecule has 3 N–H and O–H groups in total.